The lowest BCUT2D eigenvalue weighted by atomic mass is 10.1. The minimum atomic E-state index is -1.15. The van der Waals surface area contributed by atoms with Gasteiger partial charge in [-0.05, 0) is 43.6 Å². The van der Waals surface area contributed by atoms with Gasteiger partial charge >= 0.3 is 0 Å². The van der Waals surface area contributed by atoms with Gasteiger partial charge in [-0.3, -0.25) is 4.79 Å². The van der Waals surface area contributed by atoms with Crippen LogP contribution in [0.3, 0.4) is 0 Å². The molecule has 0 aromatic heterocycles. The fraction of sp³-hybridized carbons (Fsp3) is 0.562. The lowest BCUT2D eigenvalue weighted by Crippen LogP contribution is -2.39. The third-order valence-electron chi connectivity index (χ3n) is 3.83. The molecule has 0 spiro atoms. The van der Waals surface area contributed by atoms with E-state index in [0.717, 1.165) is 19.6 Å². The van der Waals surface area contributed by atoms with Crippen LogP contribution in [0.15, 0.2) is 24.3 Å². The van der Waals surface area contributed by atoms with E-state index >= 15 is 0 Å². The lowest BCUT2D eigenvalue weighted by molar-refractivity contribution is -0.129. The molecule has 2 N–H and O–H groups in total. The van der Waals surface area contributed by atoms with Gasteiger partial charge in [0.15, 0.2) is 6.10 Å². The lowest BCUT2D eigenvalue weighted by Gasteiger charge is -2.26. The van der Waals surface area contributed by atoms with Gasteiger partial charge in [-0.1, -0.05) is 18.6 Å². The summed E-state index contributed by atoms with van der Waals surface area (Å²) >= 11 is 0. The van der Waals surface area contributed by atoms with Gasteiger partial charge < -0.3 is 20.1 Å². The van der Waals surface area contributed by atoms with E-state index in [0.29, 0.717) is 17.9 Å². The summed E-state index contributed by atoms with van der Waals surface area (Å²) in [5.41, 5.74) is 0.546. The van der Waals surface area contributed by atoms with Crippen molar-refractivity contribution in [1.82, 2.24) is 10.2 Å². The molecule has 1 aromatic rings. The smallest absolute Gasteiger partial charge is 0.253 e. The van der Waals surface area contributed by atoms with E-state index < -0.39 is 6.10 Å². The molecule has 1 atom stereocenters. The Morgan fingerprint density at radius 3 is 2.86 bits per heavy atom. The van der Waals surface area contributed by atoms with Crippen LogP contribution in [0.5, 0.6) is 5.75 Å². The van der Waals surface area contributed by atoms with Gasteiger partial charge in [0, 0.05) is 13.1 Å². The first-order valence-corrected chi connectivity index (χ1v) is 7.53. The highest BCUT2D eigenvalue weighted by Crippen LogP contribution is 2.19. The number of amides is 1. The Morgan fingerprint density at radius 1 is 1.38 bits per heavy atom. The van der Waals surface area contributed by atoms with E-state index in [4.69, 9.17) is 4.74 Å². The summed E-state index contributed by atoms with van der Waals surface area (Å²) in [7, 11) is 1.56. The van der Waals surface area contributed by atoms with Crippen LogP contribution in [-0.4, -0.2) is 49.2 Å². The molecule has 1 aliphatic heterocycles. The van der Waals surface area contributed by atoms with Crippen molar-refractivity contribution in [3.05, 3.63) is 29.8 Å². The standard InChI is InChI=1S/C16H24N2O3/c1-21-14-7-5-6-13(12-14)15(19)16(20)17-8-11-18-9-3-2-4-10-18/h5-7,12,15,19H,2-4,8-11H2,1H3,(H,17,20). The van der Waals surface area contributed by atoms with Crippen LogP contribution in [0.2, 0.25) is 0 Å². The molecule has 0 bridgehead atoms. The number of rotatable bonds is 6. The van der Waals surface area contributed by atoms with Crippen molar-refractivity contribution < 1.29 is 14.6 Å². The first kappa shape index (κ1) is 15.8. The quantitative estimate of drug-likeness (QED) is 0.830. The van der Waals surface area contributed by atoms with Crippen LogP contribution in [0.4, 0.5) is 0 Å². The zero-order chi connectivity index (χ0) is 15.1. The zero-order valence-electron chi connectivity index (χ0n) is 12.5. The molecule has 1 amide bonds. The topological polar surface area (TPSA) is 61.8 Å². The SMILES string of the molecule is COc1cccc(C(O)C(=O)NCCN2CCCCC2)c1. The molecule has 0 aliphatic carbocycles. The number of methoxy groups -OCH3 is 1. The number of likely N-dealkylation sites (tertiary alicyclic amines) is 1. The Balaban J connectivity index is 1.78. The molecule has 5 nitrogen and oxygen atoms in total. The van der Waals surface area contributed by atoms with E-state index in [9.17, 15) is 9.90 Å². The monoisotopic (exact) mass is 292 g/mol. The van der Waals surface area contributed by atoms with E-state index in [-0.39, 0.29) is 5.91 Å². The van der Waals surface area contributed by atoms with E-state index in [1.807, 2.05) is 0 Å². The third-order valence-corrected chi connectivity index (χ3v) is 3.83. The van der Waals surface area contributed by atoms with Gasteiger partial charge in [0.1, 0.15) is 5.75 Å². The summed E-state index contributed by atoms with van der Waals surface area (Å²) in [5.74, 6) is 0.271. The highest BCUT2D eigenvalue weighted by Gasteiger charge is 2.18. The fourth-order valence-electron chi connectivity index (χ4n) is 2.58. The number of nitrogens with one attached hydrogen (secondary N) is 1. The molecule has 1 fully saturated rings. The fourth-order valence-corrected chi connectivity index (χ4v) is 2.58. The molecule has 5 heteroatoms. The van der Waals surface area contributed by atoms with Crippen LogP contribution in [-0.2, 0) is 4.79 Å². The summed E-state index contributed by atoms with van der Waals surface area (Å²) in [4.78, 5) is 14.3. The number of aliphatic hydroxyl groups excluding tert-OH is 1. The summed E-state index contributed by atoms with van der Waals surface area (Å²) in [6.45, 7) is 3.62. The molecule has 1 aliphatic rings. The van der Waals surface area contributed by atoms with Crippen molar-refractivity contribution in [2.45, 2.75) is 25.4 Å². The second-order valence-corrected chi connectivity index (χ2v) is 5.37. The second-order valence-electron chi connectivity index (χ2n) is 5.37. The average Bonchev–Trinajstić information content (AvgIpc) is 2.55. The number of ether oxygens (including phenoxy) is 1. The summed E-state index contributed by atoms with van der Waals surface area (Å²) in [6, 6.07) is 6.94. The Labute approximate surface area is 125 Å². The molecule has 1 saturated heterocycles. The van der Waals surface area contributed by atoms with Crippen molar-refractivity contribution in [1.29, 1.82) is 0 Å². The first-order valence-electron chi connectivity index (χ1n) is 7.53. The maximum atomic E-state index is 12.0. The van der Waals surface area contributed by atoms with Crippen molar-refractivity contribution in [3.63, 3.8) is 0 Å². The third kappa shape index (κ3) is 4.72. The minimum absolute atomic E-state index is 0.361. The predicted octanol–water partition coefficient (Wildman–Crippen LogP) is 1.33. The number of nitrogens with zero attached hydrogens (tertiary/aromatic N) is 1. The van der Waals surface area contributed by atoms with Crippen LogP contribution in [0.25, 0.3) is 0 Å². The first-order chi connectivity index (χ1) is 10.2. The van der Waals surface area contributed by atoms with Gasteiger partial charge in [0.05, 0.1) is 7.11 Å². The molecule has 1 unspecified atom stereocenters. The summed E-state index contributed by atoms with van der Waals surface area (Å²) < 4.78 is 5.10. The van der Waals surface area contributed by atoms with Crippen LogP contribution < -0.4 is 10.1 Å². The molecule has 2 rings (SSSR count). The van der Waals surface area contributed by atoms with E-state index in [1.165, 1.54) is 19.3 Å². The number of benzene rings is 1. The van der Waals surface area contributed by atoms with E-state index in [2.05, 4.69) is 10.2 Å². The highest BCUT2D eigenvalue weighted by atomic mass is 16.5. The maximum Gasteiger partial charge on any atom is 0.253 e. The van der Waals surface area contributed by atoms with Gasteiger partial charge in [-0.15, -0.1) is 0 Å². The molecule has 116 valence electrons. The molecule has 1 aromatic carbocycles. The van der Waals surface area contributed by atoms with Crippen LogP contribution in [0.1, 0.15) is 30.9 Å². The van der Waals surface area contributed by atoms with Crippen molar-refractivity contribution in [2.75, 3.05) is 33.3 Å². The Bertz CT molecular complexity index is 459. The van der Waals surface area contributed by atoms with Crippen LogP contribution >= 0.6 is 0 Å². The predicted molar refractivity (Wildman–Crippen MR) is 81.3 cm³/mol. The molecule has 1 heterocycles. The normalized spacial score (nSPS) is 17.2. The maximum absolute atomic E-state index is 12.0. The average molecular weight is 292 g/mol. The molecule has 0 saturated carbocycles. The van der Waals surface area contributed by atoms with Gasteiger partial charge in [-0.2, -0.15) is 0 Å². The minimum Gasteiger partial charge on any atom is -0.497 e. The molecule has 0 radical (unpaired) electrons. The van der Waals surface area contributed by atoms with Crippen molar-refractivity contribution >= 4 is 5.91 Å². The number of hydrogen-bond acceptors (Lipinski definition) is 4. The van der Waals surface area contributed by atoms with E-state index in [1.54, 1.807) is 31.4 Å². The Morgan fingerprint density at radius 2 is 2.14 bits per heavy atom. The summed E-state index contributed by atoms with van der Waals surface area (Å²) in [5, 5.41) is 12.9. The second kappa shape index (κ2) is 8.00. The number of piperidine rings is 1. The number of aliphatic hydroxyl groups is 1. The number of carbonyl (C=O) groups excluding carboxylic acids is 1. The van der Waals surface area contributed by atoms with Crippen molar-refractivity contribution in [3.8, 4) is 5.75 Å². The zero-order valence-corrected chi connectivity index (χ0v) is 12.5. The Hall–Kier alpha value is -1.59. The highest BCUT2D eigenvalue weighted by molar-refractivity contribution is 5.82. The van der Waals surface area contributed by atoms with Crippen molar-refractivity contribution in [2.24, 2.45) is 0 Å². The van der Waals surface area contributed by atoms with Gasteiger partial charge in [0.2, 0.25) is 0 Å². The number of carbonyl (C=O) groups is 1. The molecule has 21 heavy (non-hydrogen) atoms. The summed E-state index contributed by atoms with van der Waals surface area (Å²) in [6.07, 6.45) is 2.62. The van der Waals surface area contributed by atoms with Gasteiger partial charge in [0.25, 0.3) is 5.91 Å². The largest absolute Gasteiger partial charge is 0.497 e. The Kier molecular flexibility index (Phi) is 6.02. The van der Waals surface area contributed by atoms with Crippen LogP contribution in [0, 0.1) is 0 Å². The van der Waals surface area contributed by atoms with Gasteiger partial charge in [-0.25, -0.2) is 0 Å². The molecular formula is C16H24N2O3. The molecular weight excluding hydrogens is 268 g/mol. The number of hydrogen-bond donors (Lipinski definition) is 2.